The second kappa shape index (κ2) is 8.39. The number of hydrogen-bond donors (Lipinski definition) is 2. The van der Waals surface area contributed by atoms with Gasteiger partial charge in [-0.3, -0.25) is 4.79 Å². The third kappa shape index (κ3) is 5.93. The molecule has 0 fully saturated rings. The van der Waals surface area contributed by atoms with E-state index in [1.165, 1.54) is 4.90 Å². The van der Waals surface area contributed by atoms with E-state index in [0.29, 0.717) is 25.0 Å². The maximum atomic E-state index is 13.8. The van der Waals surface area contributed by atoms with Crippen molar-refractivity contribution < 1.29 is 9.18 Å². The van der Waals surface area contributed by atoms with Crippen LogP contribution in [-0.2, 0) is 4.79 Å². The van der Waals surface area contributed by atoms with Gasteiger partial charge in [-0.2, -0.15) is 4.98 Å². The fourth-order valence-electron chi connectivity index (χ4n) is 1.61. The summed E-state index contributed by atoms with van der Waals surface area (Å²) in [6.07, 6.45) is 2.03. The van der Waals surface area contributed by atoms with Gasteiger partial charge in [0.2, 0.25) is 11.9 Å². The predicted molar refractivity (Wildman–Crippen MR) is 81.9 cm³/mol. The first-order valence-corrected chi connectivity index (χ1v) is 7.18. The van der Waals surface area contributed by atoms with Gasteiger partial charge in [-0.1, -0.05) is 20.8 Å². The van der Waals surface area contributed by atoms with Crippen LogP contribution < -0.4 is 15.5 Å². The molecule has 2 N–H and O–H groups in total. The molecule has 1 aromatic rings. The van der Waals surface area contributed by atoms with E-state index < -0.39 is 5.82 Å². The molecule has 118 valence electrons. The second-order valence-electron chi connectivity index (χ2n) is 5.35. The van der Waals surface area contributed by atoms with Gasteiger partial charge in [0.25, 0.3) is 0 Å². The third-order valence-corrected chi connectivity index (χ3v) is 2.71. The minimum absolute atomic E-state index is 0.0495. The summed E-state index contributed by atoms with van der Waals surface area (Å²) in [5, 5.41) is 5.78. The largest absolute Gasteiger partial charge is 0.354 e. The molecule has 21 heavy (non-hydrogen) atoms. The average molecular weight is 297 g/mol. The zero-order valence-electron chi connectivity index (χ0n) is 13.1. The van der Waals surface area contributed by atoms with Crippen LogP contribution in [0.25, 0.3) is 0 Å². The van der Waals surface area contributed by atoms with Crippen molar-refractivity contribution >= 4 is 17.7 Å². The molecule has 0 saturated heterocycles. The number of nitrogens with zero attached hydrogens (tertiary/aromatic N) is 3. The molecule has 0 aliphatic heterocycles. The van der Waals surface area contributed by atoms with Crippen LogP contribution in [0.3, 0.4) is 0 Å². The van der Waals surface area contributed by atoms with Gasteiger partial charge in [-0.05, 0) is 12.3 Å². The average Bonchev–Trinajstić information content (AvgIpc) is 2.44. The monoisotopic (exact) mass is 297 g/mol. The number of nitrogens with one attached hydrogen (secondary N) is 2. The maximum Gasteiger partial charge on any atom is 0.239 e. The Bertz CT molecular complexity index is 467. The van der Waals surface area contributed by atoms with Gasteiger partial charge in [0.1, 0.15) is 0 Å². The first-order valence-electron chi connectivity index (χ1n) is 7.18. The van der Waals surface area contributed by atoms with Gasteiger partial charge in [0.05, 0.1) is 12.7 Å². The maximum absolute atomic E-state index is 13.8. The highest BCUT2D eigenvalue weighted by Gasteiger charge is 2.14. The number of aromatic nitrogens is 2. The highest BCUT2D eigenvalue weighted by Crippen LogP contribution is 2.15. The van der Waals surface area contributed by atoms with Crippen LogP contribution in [0.15, 0.2) is 6.20 Å². The molecule has 0 aliphatic carbocycles. The summed E-state index contributed by atoms with van der Waals surface area (Å²) in [6.45, 7) is 7.40. The molecule has 1 rings (SSSR count). The summed E-state index contributed by atoms with van der Waals surface area (Å²) < 4.78 is 13.8. The van der Waals surface area contributed by atoms with E-state index in [4.69, 9.17) is 0 Å². The minimum atomic E-state index is -0.545. The minimum Gasteiger partial charge on any atom is -0.354 e. The molecule has 0 radical (unpaired) electrons. The summed E-state index contributed by atoms with van der Waals surface area (Å²) in [5.74, 6) is 0.148. The molecule has 0 aromatic carbocycles. The summed E-state index contributed by atoms with van der Waals surface area (Å²) in [6, 6.07) is 0. The van der Waals surface area contributed by atoms with Gasteiger partial charge in [-0.25, -0.2) is 9.37 Å². The number of carbonyl (C=O) groups is 1. The van der Waals surface area contributed by atoms with Crippen LogP contribution in [0, 0.1) is 11.7 Å². The van der Waals surface area contributed by atoms with Gasteiger partial charge in [-0.15, -0.1) is 0 Å². The van der Waals surface area contributed by atoms with Crippen molar-refractivity contribution in [2.24, 2.45) is 5.92 Å². The Morgan fingerprint density at radius 1 is 1.48 bits per heavy atom. The second-order valence-corrected chi connectivity index (χ2v) is 5.35. The van der Waals surface area contributed by atoms with Crippen molar-refractivity contribution in [3.05, 3.63) is 12.0 Å². The molecule has 1 amide bonds. The van der Waals surface area contributed by atoms with Crippen molar-refractivity contribution in [2.75, 3.05) is 36.9 Å². The molecule has 0 aliphatic rings. The highest BCUT2D eigenvalue weighted by molar-refractivity contribution is 5.80. The van der Waals surface area contributed by atoms with Crippen LogP contribution in [0.2, 0.25) is 0 Å². The van der Waals surface area contributed by atoms with E-state index >= 15 is 0 Å². The van der Waals surface area contributed by atoms with Gasteiger partial charge in [0, 0.05) is 20.1 Å². The quantitative estimate of drug-likeness (QED) is 0.763. The van der Waals surface area contributed by atoms with Crippen LogP contribution in [0.4, 0.5) is 16.2 Å². The lowest BCUT2D eigenvalue weighted by atomic mass is 10.2. The predicted octanol–water partition coefficient (Wildman–Crippen LogP) is 1.65. The number of rotatable bonds is 8. The molecule has 7 heteroatoms. The van der Waals surface area contributed by atoms with E-state index in [0.717, 1.165) is 12.6 Å². The van der Waals surface area contributed by atoms with E-state index in [-0.39, 0.29) is 18.3 Å². The summed E-state index contributed by atoms with van der Waals surface area (Å²) in [4.78, 5) is 21.2. The Morgan fingerprint density at radius 2 is 2.19 bits per heavy atom. The summed E-state index contributed by atoms with van der Waals surface area (Å²) in [7, 11) is 1.63. The van der Waals surface area contributed by atoms with Crippen LogP contribution >= 0.6 is 0 Å². The van der Waals surface area contributed by atoms with E-state index in [9.17, 15) is 9.18 Å². The van der Waals surface area contributed by atoms with Crippen molar-refractivity contribution in [2.45, 2.75) is 27.2 Å². The van der Waals surface area contributed by atoms with Gasteiger partial charge >= 0.3 is 0 Å². The van der Waals surface area contributed by atoms with Crippen LogP contribution in [0.1, 0.15) is 27.2 Å². The first-order chi connectivity index (χ1) is 9.93. The number of anilines is 2. The number of halogens is 1. The Labute approximate surface area is 125 Å². The topological polar surface area (TPSA) is 70.2 Å². The van der Waals surface area contributed by atoms with Gasteiger partial charge < -0.3 is 15.5 Å². The molecule has 1 heterocycles. The molecule has 0 atom stereocenters. The normalized spacial score (nSPS) is 10.6. The number of hydrogen-bond acceptors (Lipinski definition) is 5. The zero-order valence-corrected chi connectivity index (χ0v) is 13.1. The third-order valence-electron chi connectivity index (χ3n) is 2.71. The lowest BCUT2D eigenvalue weighted by molar-refractivity contribution is -0.119. The van der Waals surface area contributed by atoms with Crippen LogP contribution in [0.5, 0.6) is 0 Å². The van der Waals surface area contributed by atoms with E-state index in [1.807, 2.05) is 20.8 Å². The Balaban J connectivity index is 2.67. The van der Waals surface area contributed by atoms with Gasteiger partial charge in [0.15, 0.2) is 11.6 Å². The fraction of sp³-hybridized carbons (Fsp3) is 0.643. The summed E-state index contributed by atoms with van der Waals surface area (Å²) >= 11 is 0. The molecular formula is C14H24FN5O. The zero-order chi connectivity index (χ0) is 15.8. The molecular weight excluding hydrogens is 273 g/mol. The Morgan fingerprint density at radius 3 is 2.81 bits per heavy atom. The van der Waals surface area contributed by atoms with E-state index in [2.05, 4.69) is 20.6 Å². The smallest absolute Gasteiger partial charge is 0.239 e. The fourth-order valence-corrected chi connectivity index (χ4v) is 1.61. The van der Waals surface area contributed by atoms with Crippen molar-refractivity contribution in [3.63, 3.8) is 0 Å². The number of likely N-dealkylation sites (N-methyl/N-ethyl adjacent to an activating group) is 1. The SMILES string of the molecule is CCCNc1ncc(F)c(N(C)CC(=O)NCC(C)C)n1. The molecule has 0 saturated carbocycles. The highest BCUT2D eigenvalue weighted by atomic mass is 19.1. The Hall–Kier alpha value is -1.92. The standard InChI is InChI=1S/C14H24FN5O/c1-5-6-16-14-18-8-11(15)13(19-14)20(4)9-12(21)17-7-10(2)3/h8,10H,5-7,9H2,1-4H3,(H,17,21)(H,16,18,19). The van der Waals surface area contributed by atoms with Crippen molar-refractivity contribution in [3.8, 4) is 0 Å². The van der Waals surface area contributed by atoms with Crippen LogP contribution in [-0.4, -0.2) is 42.6 Å². The molecule has 6 nitrogen and oxygen atoms in total. The lowest BCUT2D eigenvalue weighted by Crippen LogP contribution is -2.37. The van der Waals surface area contributed by atoms with Crippen molar-refractivity contribution in [1.29, 1.82) is 0 Å². The lowest BCUT2D eigenvalue weighted by Gasteiger charge is -2.19. The molecule has 0 unspecified atom stereocenters. The molecule has 0 spiro atoms. The Kier molecular flexibility index (Phi) is 6.84. The first kappa shape index (κ1) is 17.1. The van der Waals surface area contributed by atoms with Crippen molar-refractivity contribution in [1.82, 2.24) is 15.3 Å². The molecule has 1 aromatic heterocycles. The number of amides is 1. The molecule has 0 bridgehead atoms. The summed E-state index contributed by atoms with van der Waals surface area (Å²) in [5.41, 5.74) is 0. The number of carbonyl (C=O) groups excluding carboxylic acids is 1. The van der Waals surface area contributed by atoms with E-state index in [1.54, 1.807) is 7.05 Å².